The standard InChI is InChI=1S/C16H16NO2/c1-16(2,3)13-6-4-12(5-7-13)15(18)19-14-8-10-17-11-9-14/h4-10H,1-3H3. The zero-order valence-electron chi connectivity index (χ0n) is 11.3. The van der Waals surface area contributed by atoms with E-state index in [2.05, 4.69) is 32.0 Å². The first kappa shape index (κ1) is 13.3. The molecule has 2 rings (SSSR count). The smallest absolute Gasteiger partial charge is 0.343 e. The molecule has 0 saturated heterocycles. The molecule has 3 nitrogen and oxygen atoms in total. The fourth-order valence-corrected chi connectivity index (χ4v) is 1.64. The van der Waals surface area contributed by atoms with E-state index in [9.17, 15) is 4.79 Å². The fourth-order valence-electron chi connectivity index (χ4n) is 1.64. The van der Waals surface area contributed by atoms with E-state index >= 15 is 0 Å². The lowest BCUT2D eigenvalue weighted by molar-refractivity contribution is 0.0734. The first-order valence-corrected chi connectivity index (χ1v) is 6.11. The van der Waals surface area contributed by atoms with Crippen LogP contribution in [0.4, 0.5) is 0 Å². The first-order chi connectivity index (χ1) is 8.97. The van der Waals surface area contributed by atoms with Crippen LogP contribution in [0.1, 0.15) is 36.7 Å². The molecule has 1 radical (unpaired) electrons. The molecular weight excluding hydrogens is 238 g/mol. The molecule has 0 aliphatic heterocycles. The molecule has 0 aliphatic rings. The number of carbonyl (C=O) groups excluding carboxylic acids is 1. The number of ether oxygens (including phenoxy) is 1. The summed E-state index contributed by atoms with van der Waals surface area (Å²) in [6.07, 6.45) is 4.15. The number of hydrogen-bond donors (Lipinski definition) is 0. The third-order valence-electron chi connectivity index (χ3n) is 2.79. The number of rotatable bonds is 2. The summed E-state index contributed by atoms with van der Waals surface area (Å²) < 4.78 is 5.22. The molecule has 1 aromatic carbocycles. The Hall–Kier alpha value is -2.16. The SMILES string of the molecule is CC(C)(C)c1ccc(C(=O)Oc2c[c]ncc2)cc1. The maximum absolute atomic E-state index is 11.9. The Morgan fingerprint density at radius 3 is 2.37 bits per heavy atom. The van der Waals surface area contributed by atoms with Crippen molar-refractivity contribution in [2.24, 2.45) is 0 Å². The van der Waals surface area contributed by atoms with Crippen molar-refractivity contribution in [1.29, 1.82) is 0 Å². The molecule has 0 saturated carbocycles. The monoisotopic (exact) mass is 254 g/mol. The Balaban J connectivity index is 2.12. The average Bonchev–Trinajstić information content (AvgIpc) is 2.39. The predicted octanol–water partition coefficient (Wildman–Crippen LogP) is 3.40. The van der Waals surface area contributed by atoms with Crippen molar-refractivity contribution in [3.63, 3.8) is 0 Å². The van der Waals surface area contributed by atoms with Crippen molar-refractivity contribution < 1.29 is 9.53 Å². The molecule has 0 spiro atoms. The molecule has 2 aromatic rings. The van der Waals surface area contributed by atoms with Crippen LogP contribution in [0.3, 0.4) is 0 Å². The molecule has 0 N–H and O–H groups in total. The summed E-state index contributed by atoms with van der Waals surface area (Å²) in [5.74, 6) is 0.0694. The zero-order valence-corrected chi connectivity index (χ0v) is 11.3. The summed E-state index contributed by atoms with van der Waals surface area (Å²) in [4.78, 5) is 15.7. The highest BCUT2D eigenvalue weighted by Gasteiger charge is 2.15. The Labute approximate surface area is 113 Å². The zero-order chi connectivity index (χ0) is 13.9. The highest BCUT2D eigenvalue weighted by Crippen LogP contribution is 2.22. The largest absolute Gasteiger partial charge is 0.423 e. The average molecular weight is 254 g/mol. The lowest BCUT2D eigenvalue weighted by Gasteiger charge is -2.18. The van der Waals surface area contributed by atoms with Gasteiger partial charge in [0.25, 0.3) is 0 Å². The van der Waals surface area contributed by atoms with Crippen LogP contribution in [0.5, 0.6) is 5.75 Å². The van der Waals surface area contributed by atoms with Crippen molar-refractivity contribution in [1.82, 2.24) is 4.98 Å². The van der Waals surface area contributed by atoms with Gasteiger partial charge in [0.1, 0.15) is 5.75 Å². The van der Waals surface area contributed by atoms with E-state index in [1.807, 2.05) is 12.1 Å². The minimum Gasteiger partial charge on any atom is -0.423 e. The van der Waals surface area contributed by atoms with E-state index in [0.717, 1.165) is 0 Å². The minimum atomic E-state index is -0.375. The van der Waals surface area contributed by atoms with Gasteiger partial charge in [-0.2, -0.15) is 0 Å². The van der Waals surface area contributed by atoms with E-state index in [1.165, 1.54) is 17.8 Å². The van der Waals surface area contributed by atoms with Gasteiger partial charge in [-0.05, 0) is 29.2 Å². The summed E-state index contributed by atoms with van der Waals surface area (Å²) in [6.45, 7) is 6.40. The van der Waals surface area contributed by atoms with E-state index in [1.54, 1.807) is 18.2 Å². The Morgan fingerprint density at radius 2 is 1.84 bits per heavy atom. The van der Waals surface area contributed by atoms with Crippen LogP contribution in [-0.4, -0.2) is 11.0 Å². The summed E-state index contributed by atoms with van der Waals surface area (Å²) in [6, 6.07) is 10.6. The molecule has 0 bridgehead atoms. The lowest BCUT2D eigenvalue weighted by atomic mass is 9.87. The second kappa shape index (κ2) is 5.22. The highest BCUT2D eigenvalue weighted by atomic mass is 16.5. The van der Waals surface area contributed by atoms with Crippen molar-refractivity contribution in [2.45, 2.75) is 26.2 Å². The topological polar surface area (TPSA) is 39.2 Å². The third kappa shape index (κ3) is 3.41. The number of pyridine rings is 1. The van der Waals surface area contributed by atoms with Gasteiger partial charge in [-0.3, -0.25) is 4.98 Å². The van der Waals surface area contributed by atoms with Crippen LogP contribution < -0.4 is 4.74 Å². The van der Waals surface area contributed by atoms with Crippen LogP contribution >= 0.6 is 0 Å². The summed E-state index contributed by atoms with van der Waals surface area (Å²) >= 11 is 0. The van der Waals surface area contributed by atoms with Gasteiger partial charge in [-0.25, -0.2) is 4.79 Å². The van der Waals surface area contributed by atoms with Gasteiger partial charge in [0, 0.05) is 12.3 Å². The second-order valence-electron chi connectivity index (χ2n) is 5.34. The molecule has 0 unspecified atom stereocenters. The van der Waals surface area contributed by atoms with Crippen LogP contribution in [-0.2, 0) is 5.41 Å². The number of nitrogens with zero attached hydrogens (tertiary/aromatic N) is 1. The maximum Gasteiger partial charge on any atom is 0.343 e. The molecule has 1 heterocycles. The lowest BCUT2D eigenvalue weighted by Crippen LogP contribution is -2.12. The first-order valence-electron chi connectivity index (χ1n) is 6.11. The van der Waals surface area contributed by atoms with Crippen LogP contribution in [0.2, 0.25) is 0 Å². The second-order valence-corrected chi connectivity index (χ2v) is 5.34. The summed E-state index contributed by atoms with van der Waals surface area (Å²) in [5.41, 5.74) is 1.79. The quantitative estimate of drug-likeness (QED) is 0.771. The Kier molecular flexibility index (Phi) is 3.65. The van der Waals surface area contributed by atoms with E-state index < -0.39 is 0 Å². The van der Waals surface area contributed by atoms with E-state index in [4.69, 9.17) is 4.74 Å². The minimum absolute atomic E-state index is 0.0719. The molecule has 0 amide bonds. The molecule has 19 heavy (non-hydrogen) atoms. The van der Waals surface area contributed by atoms with Crippen molar-refractivity contribution in [2.75, 3.05) is 0 Å². The van der Waals surface area contributed by atoms with Crippen molar-refractivity contribution in [3.8, 4) is 5.75 Å². The van der Waals surface area contributed by atoms with Gasteiger partial charge in [0.05, 0.1) is 11.8 Å². The summed E-state index contributed by atoms with van der Waals surface area (Å²) in [5, 5.41) is 0. The number of carbonyl (C=O) groups is 1. The normalized spacial score (nSPS) is 11.1. The highest BCUT2D eigenvalue weighted by molar-refractivity contribution is 5.91. The van der Waals surface area contributed by atoms with Crippen molar-refractivity contribution >= 4 is 5.97 Å². The van der Waals surface area contributed by atoms with Gasteiger partial charge >= 0.3 is 5.97 Å². The van der Waals surface area contributed by atoms with E-state index in [-0.39, 0.29) is 11.4 Å². The number of hydrogen-bond acceptors (Lipinski definition) is 3. The van der Waals surface area contributed by atoms with Crippen LogP contribution in [0.15, 0.2) is 42.6 Å². The maximum atomic E-state index is 11.9. The van der Waals surface area contributed by atoms with Gasteiger partial charge in [-0.1, -0.05) is 32.9 Å². The molecule has 3 heteroatoms. The molecule has 1 aromatic heterocycles. The molecule has 0 fully saturated rings. The molecule has 97 valence electrons. The summed E-state index contributed by atoms with van der Waals surface area (Å²) in [7, 11) is 0. The van der Waals surface area contributed by atoms with Gasteiger partial charge < -0.3 is 4.74 Å². The van der Waals surface area contributed by atoms with Crippen molar-refractivity contribution in [3.05, 3.63) is 59.9 Å². The predicted molar refractivity (Wildman–Crippen MR) is 73.2 cm³/mol. The number of aromatic nitrogens is 1. The fraction of sp³-hybridized carbons (Fsp3) is 0.250. The molecule has 0 aliphatic carbocycles. The third-order valence-corrected chi connectivity index (χ3v) is 2.79. The number of benzene rings is 1. The van der Waals surface area contributed by atoms with Crippen LogP contribution in [0.25, 0.3) is 0 Å². The molecular formula is C16H16NO2. The van der Waals surface area contributed by atoms with Gasteiger partial charge in [0.15, 0.2) is 0 Å². The number of esters is 1. The van der Waals surface area contributed by atoms with Gasteiger partial charge in [0.2, 0.25) is 0 Å². The van der Waals surface area contributed by atoms with E-state index in [0.29, 0.717) is 11.3 Å². The van der Waals surface area contributed by atoms with Crippen LogP contribution in [0, 0.1) is 6.20 Å². The Bertz CT molecular complexity index is 554. The Morgan fingerprint density at radius 1 is 1.16 bits per heavy atom. The molecule has 0 atom stereocenters. The van der Waals surface area contributed by atoms with Gasteiger partial charge in [-0.15, -0.1) is 0 Å².